The van der Waals surface area contributed by atoms with Crippen LogP contribution in [-0.2, 0) is 11.2 Å². The predicted octanol–water partition coefficient (Wildman–Crippen LogP) is 3.08. The van der Waals surface area contributed by atoms with Crippen molar-refractivity contribution in [1.29, 1.82) is 0 Å². The zero-order valence-electron chi connectivity index (χ0n) is 11.0. The number of rotatable bonds is 2. The molecule has 1 aromatic rings. The average Bonchev–Trinajstić information content (AvgIpc) is 3.26. The zero-order chi connectivity index (χ0) is 13.2. The van der Waals surface area contributed by atoms with E-state index in [-0.39, 0.29) is 11.7 Å². The number of carbonyl (C=O) groups is 1. The maximum absolute atomic E-state index is 12.8. The highest BCUT2D eigenvalue weighted by Crippen LogP contribution is 2.36. The molecule has 0 bridgehead atoms. The Labute approximate surface area is 112 Å². The van der Waals surface area contributed by atoms with Crippen molar-refractivity contribution in [2.24, 2.45) is 0 Å². The highest BCUT2D eigenvalue weighted by molar-refractivity contribution is 5.79. The molecule has 100 valence electrons. The van der Waals surface area contributed by atoms with Crippen molar-refractivity contribution in [2.45, 2.75) is 32.1 Å². The summed E-state index contributed by atoms with van der Waals surface area (Å²) in [7, 11) is 0. The third kappa shape index (κ3) is 3.03. The van der Waals surface area contributed by atoms with E-state index in [9.17, 15) is 9.18 Å². The van der Waals surface area contributed by atoms with Crippen molar-refractivity contribution in [3.8, 4) is 0 Å². The fourth-order valence-corrected chi connectivity index (χ4v) is 2.68. The van der Waals surface area contributed by atoms with Crippen LogP contribution in [0.2, 0.25) is 0 Å². The number of amides is 1. The fraction of sp³-hybridized carbons (Fsp3) is 0.438. The first-order chi connectivity index (χ1) is 9.22. The first-order valence-electron chi connectivity index (χ1n) is 6.94. The molecule has 0 aromatic heterocycles. The van der Waals surface area contributed by atoms with Gasteiger partial charge in [-0.15, -0.1) is 0 Å². The summed E-state index contributed by atoms with van der Waals surface area (Å²) in [5, 5.41) is 0. The van der Waals surface area contributed by atoms with Crippen LogP contribution in [-0.4, -0.2) is 23.9 Å². The largest absolute Gasteiger partial charge is 0.342 e. The van der Waals surface area contributed by atoms with Gasteiger partial charge in [-0.25, -0.2) is 4.39 Å². The SMILES string of the molecule is O=C(Cc1ccc(F)cc1)N1CCC(=C2CC2)CC1. The second-order valence-corrected chi connectivity index (χ2v) is 5.39. The van der Waals surface area contributed by atoms with Gasteiger partial charge in [0.15, 0.2) is 0 Å². The number of allylic oxidation sites excluding steroid dienone is 1. The summed E-state index contributed by atoms with van der Waals surface area (Å²) in [4.78, 5) is 14.1. The van der Waals surface area contributed by atoms with Crippen LogP contribution in [0, 0.1) is 5.82 Å². The van der Waals surface area contributed by atoms with Gasteiger partial charge < -0.3 is 4.90 Å². The van der Waals surface area contributed by atoms with Crippen molar-refractivity contribution < 1.29 is 9.18 Å². The lowest BCUT2D eigenvalue weighted by Crippen LogP contribution is -2.37. The zero-order valence-corrected chi connectivity index (χ0v) is 11.0. The molecule has 2 nitrogen and oxygen atoms in total. The Balaban J connectivity index is 1.56. The molecule has 1 saturated carbocycles. The predicted molar refractivity (Wildman–Crippen MR) is 72.2 cm³/mol. The van der Waals surface area contributed by atoms with Crippen molar-refractivity contribution in [1.82, 2.24) is 4.90 Å². The molecule has 19 heavy (non-hydrogen) atoms. The fourth-order valence-electron chi connectivity index (χ4n) is 2.68. The molecule has 0 atom stereocenters. The molecule has 3 rings (SSSR count). The molecular weight excluding hydrogens is 241 g/mol. The smallest absolute Gasteiger partial charge is 0.227 e. The number of hydrogen-bond donors (Lipinski definition) is 0. The summed E-state index contributed by atoms with van der Waals surface area (Å²) in [6.45, 7) is 1.69. The van der Waals surface area contributed by atoms with Gasteiger partial charge in [-0.1, -0.05) is 23.3 Å². The molecule has 0 spiro atoms. The lowest BCUT2D eigenvalue weighted by Gasteiger charge is -2.28. The van der Waals surface area contributed by atoms with Gasteiger partial charge in [0.05, 0.1) is 6.42 Å². The van der Waals surface area contributed by atoms with Crippen LogP contribution in [0.25, 0.3) is 0 Å². The lowest BCUT2D eigenvalue weighted by molar-refractivity contribution is -0.130. The van der Waals surface area contributed by atoms with Crippen molar-refractivity contribution in [2.75, 3.05) is 13.1 Å². The van der Waals surface area contributed by atoms with E-state index in [0.717, 1.165) is 31.5 Å². The number of hydrogen-bond acceptors (Lipinski definition) is 1. The Hall–Kier alpha value is -1.64. The van der Waals surface area contributed by atoms with E-state index < -0.39 is 0 Å². The molecule has 2 aliphatic rings. The number of carbonyl (C=O) groups excluding carboxylic acids is 1. The Kier molecular flexibility index (Phi) is 3.36. The molecule has 1 aliphatic heterocycles. The van der Waals surface area contributed by atoms with E-state index in [4.69, 9.17) is 0 Å². The first kappa shape index (κ1) is 12.4. The van der Waals surface area contributed by atoms with Crippen LogP contribution in [0.4, 0.5) is 4.39 Å². The molecule has 3 heteroatoms. The summed E-state index contributed by atoms with van der Waals surface area (Å²) >= 11 is 0. The molecule has 0 N–H and O–H groups in total. The van der Waals surface area contributed by atoms with Gasteiger partial charge in [0.25, 0.3) is 0 Å². The van der Waals surface area contributed by atoms with Gasteiger partial charge in [-0.3, -0.25) is 4.79 Å². The van der Waals surface area contributed by atoms with Gasteiger partial charge in [0, 0.05) is 13.1 Å². The maximum Gasteiger partial charge on any atom is 0.227 e. The van der Waals surface area contributed by atoms with E-state index >= 15 is 0 Å². The summed E-state index contributed by atoms with van der Waals surface area (Å²) in [5.41, 5.74) is 4.11. The number of benzene rings is 1. The first-order valence-corrected chi connectivity index (χ1v) is 6.94. The standard InChI is InChI=1S/C16H18FNO/c17-15-5-1-12(2-6-15)11-16(19)18-9-7-14(8-10-18)13-3-4-13/h1-2,5-6H,3-4,7-11H2. The van der Waals surface area contributed by atoms with Gasteiger partial charge in [-0.05, 0) is 43.4 Å². The van der Waals surface area contributed by atoms with Crippen molar-refractivity contribution >= 4 is 5.91 Å². The third-order valence-corrected chi connectivity index (χ3v) is 3.99. The topological polar surface area (TPSA) is 20.3 Å². The highest BCUT2D eigenvalue weighted by atomic mass is 19.1. The van der Waals surface area contributed by atoms with Crippen molar-refractivity contribution in [3.63, 3.8) is 0 Å². The molecule has 1 heterocycles. The number of likely N-dealkylation sites (tertiary alicyclic amines) is 1. The summed E-state index contributed by atoms with van der Waals surface area (Å²) < 4.78 is 12.8. The van der Waals surface area contributed by atoms with Crippen LogP contribution in [0.3, 0.4) is 0 Å². The van der Waals surface area contributed by atoms with Gasteiger partial charge in [0.2, 0.25) is 5.91 Å². The molecule has 0 radical (unpaired) electrons. The molecule has 2 fully saturated rings. The van der Waals surface area contributed by atoms with E-state index in [1.807, 2.05) is 4.90 Å². The number of nitrogens with zero attached hydrogens (tertiary/aromatic N) is 1. The minimum atomic E-state index is -0.255. The molecule has 1 saturated heterocycles. The molecule has 1 aliphatic carbocycles. The van der Waals surface area contributed by atoms with Gasteiger partial charge >= 0.3 is 0 Å². The summed E-state index contributed by atoms with van der Waals surface area (Å²) in [6.07, 6.45) is 5.03. The summed E-state index contributed by atoms with van der Waals surface area (Å²) in [5.74, 6) is -0.0960. The lowest BCUT2D eigenvalue weighted by atomic mass is 10.0. The van der Waals surface area contributed by atoms with Crippen LogP contribution in [0.15, 0.2) is 35.4 Å². The Morgan fingerprint density at radius 1 is 1.00 bits per heavy atom. The van der Waals surface area contributed by atoms with Crippen LogP contribution >= 0.6 is 0 Å². The number of halogens is 1. The highest BCUT2D eigenvalue weighted by Gasteiger charge is 2.24. The minimum Gasteiger partial charge on any atom is -0.342 e. The molecule has 1 aromatic carbocycles. The van der Waals surface area contributed by atoms with Gasteiger partial charge in [-0.2, -0.15) is 0 Å². The van der Waals surface area contributed by atoms with Crippen LogP contribution in [0.1, 0.15) is 31.2 Å². The van der Waals surface area contributed by atoms with E-state index in [1.54, 1.807) is 23.3 Å². The van der Waals surface area contributed by atoms with Gasteiger partial charge in [0.1, 0.15) is 5.82 Å². The third-order valence-electron chi connectivity index (χ3n) is 3.99. The average molecular weight is 259 g/mol. The second kappa shape index (κ2) is 5.16. The van der Waals surface area contributed by atoms with Crippen LogP contribution < -0.4 is 0 Å². The van der Waals surface area contributed by atoms with Crippen molar-refractivity contribution in [3.05, 3.63) is 46.8 Å². The molecule has 1 amide bonds. The quantitative estimate of drug-likeness (QED) is 0.747. The van der Waals surface area contributed by atoms with E-state index in [0.29, 0.717) is 6.42 Å². The van der Waals surface area contributed by atoms with Crippen LogP contribution in [0.5, 0.6) is 0 Å². The Morgan fingerprint density at radius 3 is 2.16 bits per heavy atom. The number of piperidine rings is 1. The Morgan fingerprint density at radius 2 is 1.58 bits per heavy atom. The molecule has 0 unspecified atom stereocenters. The summed E-state index contributed by atoms with van der Waals surface area (Å²) in [6, 6.07) is 6.20. The second-order valence-electron chi connectivity index (χ2n) is 5.39. The molecular formula is C16H18FNO. The monoisotopic (exact) mass is 259 g/mol. The van der Waals surface area contributed by atoms with E-state index in [1.165, 1.54) is 25.0 Å². The Bertz CT molecular complexity index is 502. The maximum atomic E-state index is 12.8. The normalized spacial score (nSPS) is 18.7. The minimum absolute atomic E-state index is 0.159. The van der Waals surface area contributed by atoms with E-state index in [2.05, 4.69) is 0 Å².